The Morgan fingerprint density at radius 2 is 2.12 bits per heavy atom. The fourth-order valence-electron chi connectivity index (χ4n) is 1.83. The summed E-state index contributed by atoms with van der Waals surface area (Å²) >= 11 is 6.21. The van der Waals surface area contributed by atoms with E-state index in [9.17, 15) is 0 Å². The van der Waals surface area contributed by atoms with Crippen molar-refractivity contribution in [3.05, 3.63) is 34.3 Å². The van der Waals surface area contributed by atoms with Crippen LogP contribution >= 0.6 is 11.6 Å². The average Bonchev–Trinajstić information content (AvgIpc) is 2.31. The molecule has 2 nitrogen and oxygen atoms in total. The lowest BCUT2D eigenvalue weighted by molar-refractivity contribution is -0.0184. The lowest BCUT2D eigenvalue weighted by Crippen LogP contribution is -2.48. The van der Waals surface area contributed by atoms with Crippen molar-refractivity contribution in [3.8, 4) is 0 Å². The predicted octanol–water partition coefficient (Wildman–Crippen LogP) is 3.33. The van der Waals surface area contributed by atoms with Gasteiger partial charge >= 0.3 is 0 Å². The molecule has 0 amide bonds. The number of aryl methyl sites for hydroxylation is 1. The summed E-state index contributed by atoms with van der Waals surface area (Å²) in [5, 5.41) is 0.787. The van der Waals surface area contributed by atoms with Crippen molar-refractivity contribution in [2.45, 2.75) is 45.3 Å². The Kier molecular flexibility index (Phi) is 4.99. The average molecular weight is 256 g/mol. The maximum atomic E-state index is 6.23. The minimum atomic E-state index is -0.297. The second kappa shape index (κ2) is 5.85. The maximum absolute atomic E-state index is 6.23. The number of methoxy groups -OCH3 is 1. The van der Waals surface area contributed by atoms with Crippen LogP contribution in [0.4, 0.5) is 0 Å². The van der Waals surface area contributed by atoms with E-state index < -0.39 is 0 Å². The molecule has 17 heavy (non-hydrogen) atoms. The van der Waals surface area contributed by atoms with E-state index in [-0.39, 0.29) is 11.6 Å². The molecule has 2 atom stereocenters. The summed E-state index contributed by atoms with van der Waals surface area (Å²) in [7, 11) is 1.71. The smallest absolute Gasteiger partial charge is 0.0801 e. The summed E-state index contributed by atoms with van der Waals surface area (Å²) in [5.74, 6) is 0. The molecule has 0 saturated heterocycles. The van der Waals surface area contributed by atoms with E-state index in [4.69, 9.17) is 22.1 Å². The SMILES string of the molecule is CCC(C)(OC)C(N)Cc1ccc(C)cc1Cl. The third-order valence-electron chi connectivity index (χ3n) is 3.60. The first-order valence-corrected chi connectivity index (χ1v) is 6.36. The first kappa shape index (κ1) is 14.5. The quantitative estimate of drug-likeness (QED) is 0.876. The first-order valence-electron chi connectivity index (χ1n) is 5.98. The van der Waals surface area contributed by atoms with Gasteiger partial charge in [-0.15, -0.1) is 0 Å². The summed E-state index contributed by atoms with van der Waals surface area (Å²) in [6, 6.07) is 6.02. The van der Waals surface area contributed by atoms with Crippen LogP contribution in [0.5, 0.6) is 0 Å². The molecular weight excluding hydrogens is 234 g/mol. The Morgan fingerprint density at radius 3 is 2.59 bits per heavy atom. The second-order valence-corrected chi connectivity index (χ2v) is 5.18. The van der Waals surface area contributed by atoms with Crippen LogP contribution in [-0.4, -0.2) is 18.8 Å². The van der Waals surface area contributed by atoms with Crippen molar-refractivity contribution in [1.82, 2.24) is 0 Å². The molecule has 0 spiro atoms. The molecule has 0 saturated carbocycles. The van der Waals surface area contributed by atoms with Crippen molar-refractivity contribution in [2.75, 3.05) is 7.11 Å². The second-order valence-electron chi connectivity index (χ2n) is 4.78. The summed E-state index contributed by atoms with van der Waals surface area (Å²) in [4.78, 5) is 0. The molecule has 1 aromatic carbocycles. The number of hydrogen-bond acceptors (Lipinski definition) is 2. The third-order valence-corrected chi connectivity index (χ3v) is 3.95. The van der Waals surface area contributed by atoms with Crippen molar-refractivity contribution in [1.29, 1.82) is 0 Å². The number of hydrogen-bond donors (Lipinski definition) is 1. The largest absolute Gasteiger partial charge is 0.377 e. The minimum absolute atomic E-state index is 0.0577. The van der Waals surface area contributed by atoms with E-state index in [1.807, 2.05) is 26.0 Å². The van der Waals surface area contributed by atoms with Gasteiger partial charge in [0.15, 0.2) is 0 Å². The lowest BCUT2D eigenvalue weighted by Gasteiger charge is -2.33. The highest BCUT2D eigenvalue weighted by Gasteiger charge is 2.29. The van der Waals surface area contributed by atoms with Crippen molar-refractivity contribution >= 4 is 11.6 Å². The standard InChI is InChI=1S/C14H22ClNO/c1-5-14(3,17-4)13(16)9-11-7-6-10(2)8-12(11)15/h6-8,13H,5,9,16H2,1-4H3. The number of benzene rings is 1. The number of halogens is 1. The van der Waals surface area contributed by atoms with E-state index in [0.717, 1.165) is 29.0 Å². The van der Waals surface area contributed by atoms with Crippen LogP contribution in [0.15, 0.2) is 18.2 Å². The van der Waals surface area contributed by atoms with E-state index in [0.29, 0.717) is 0 Å². The van der Waals surface area contributed by atoms with Crippen molar-refractivity contribution in [2.24, 2.45) is 5.73 Å². The van der Waals surface area contributed by atoms with Crippen LogP contribution in [-0.2, 0) is 11.2 Å². The molecule has 2 N–H and O–H groups in total. The predicted molar refractivity (Wildman–Crippen MR) is 73.6 cm³/mol. The fraction of sp³-hybridized carbons (Fsp3) is 0.571. The van der Waals surface area contributed by atoms with Gasteiger partial charge in [-0.3, -0.25) is 0 Å². The van der Waals surface area contributed by atoms with Crippen LogP contribution in [0.2, 0.25) is 5.02 Å². The molecule has 0 aliphatic carbocycles. The van der Waals surface area contributed by atoms with Gasteiger partial charge in [-0.1, -0.05) is 30.7 Å². The van der Waals surface area contributed by atoms with Crippen molar-refractivity contribution < 1.29 is 4.74 Å². The van der Waals surface area contributed by atoms with Crippen LogP contribution < -0.4 is 5.73 Å². The first-order chi connectivity index (χ1) is 7.92. The summed E-state index contributed by atoms with van der Waals surface area (Å²) in [6.07, 6.45) is 1.62. The van der Waals surface area contributed by atoms with Crippen LogP contribution in [0.1, 0.15) is 31.4 Å². The molecule has 2 unspecified atom stereocenters. The molecule has 0 aliphatic rings. The maximum Gasteiger partial charge on any atom is 0.0801 e. The molecule has 1 rings (SSSR count). The molecule has 0 heterocycles. The van der Waals surface area contributed by atoms with Gasteiger partial charge in [0, 0.05) is 18.2 Å². The highest BCUT2D eigenvalue weighted by molar-refractivity contribution is 6.31. The summed E-state index contributed by atoms with van der Waals surface area (Å²) < 4.78 is 5.52. The monoisotopic (exact) mass is 255 g/mol. The Labute approximate surface area is 109 Å². The number of nitrogens with two attached hydrogens (primary N) is 1. The fourth-order valence-corrected chi connectivity index (χ4v) is 2.14. The topological polar surface area (TPSA) is 35.2 Å². The number of rotatable bonds is 5. The van der Waals surface area contributed by atoms with Gasteiger partial charge in [0.05, 0.1) is 5.60 Å². The Bertz CT molecular complexity index is 374. The highest BCUT2D eigenvalue weighted by atomic mass is 35.5. The summed E-state index contributed by atoms with van der Waals surface area (Å²) in [6.45, 7) is 6.15. The Hall–Kier alpha value is -0.570. The normalized spacial score (nSPS) is 16.6. The van der Waals surface area contributed by atoms with Crippen molar-refractivity contribution in [3.63, 3.8) is 0 Å². The molecule has 0 bridgehead atoms. The Balaban J connectivity index is 2.84. The zero-order valence-corrected chi connectivity index (χ0v) is 11.8. The van der Waals surface area contributed by atoms with E-state index in [1.165, 1.54) is 0 Å². The van der Waals surface area contributed by atoms with Gasteiger partial charge in [-0.05, 0) is 43.9 Å². The zero-order valence-electron chi connectivity index (χ0n) is 11.1. The Morgan fingerprint density at radius 1 is 1.47 bits per heavy atom. The molecular formula is C14H22ClNO. The van der Waals surface area contributed by atoms with Gasteiger partial charge in [0.25, 0.3) is 0 Å². The third kappa shape index (κ3) is 3.44. The van der Waals surface area contributed by atoms with E-state index in [2.05, 4.69) is 13.0 Å². The number of ether oxygens (including phenoxy) is 1. The molecule has 0 aromatic heterocycles. The van der Waals surface area contributed by atoms with Gasteiger partial charge in [0.2, 0.25) is 0 Å². The summed E-state index contributed by atoms with van der Waals surface area (Å²) in [5.41, 5.74) is 8.18. The van der Waals surface area contributed by atoms with E-state index in [1.54, 1.807) is 7.11 Å². The van der Waals surface area contributed by atoms with Gasteiger partial charge < -0.3 is 10.5 Å². The van der Waals surface area contributed by atoms with Gasteiger partial charge in [-0.2, -0.15) is 0 Å². The highest BCUT2D eigenvalue weighted by Crippen LogP contribution is 2.24. The minimum Gasteiger partial charge on any atom is -0.377 e. The lowest BCUT2D eigenvalue weighted by atomic mass is 9.89. The molecule has 0 fully saturated rings. The molecule has 0 radical (unpaired) electrons. The zero-order chi connectivity index (χ0) is 13.1. The van der Waals surface area contributed by atoms with E-state index >= 15 is 0 Å². The van der Waals surface area contributed by atoms with Crippen LogP contribution in [0, 0.1) is 6.92 Å². The van der Waals surface area contributed by atoms with Crippen LogP contribution in [0.3, 0.4) is 0 Å². The molecule has 1 aromatic rings. The van der Waals surface area contributed by atoms with Crippen LogP contribution in [0.25, 0.3) is 0 Å². The van der Waals surface area contributed by atoms with Gasteiger partial charge in [-0.25, -0.2) is 0 Å². The molecule has 96 valence electrons. The van der Waals surface area contributed by atoms with Gasteiger partial charge in [0.1, 0.15) is 0 Å². The molecule has 0 aliphatic heterocycles. The molecule has 3 heteroatoms.